The van der Waals surface area contributed by atoms with Crippen molar-refractivity contribution in [1.82, 2.24) is 24.5 Å². The lowest BCUT2D eigenvalue weighted by Crippen LogP contribution is -2.37. The van der Waals surface area contributed by atoms with E-state index in [4.69, 9.17) is 14.7 Å². The van der Waals surface area contributed by atoms with Gasteiger partial charge in [0, 0.05) is 56.2 Å². The van der Waals surface area contributed by atoms with E-state index in [2.05, 4.69) is 49.9 Å². The number of pyridine rings is 1. The first-order chi connectivity index (χ1) is 14.4. The first kappa shape index (κ1) is 17.9. The number of fused-ring (bicyclic) bond motifs is 1. The van der Waals surface area contributed by atoms with Crippen LogP contribution < -0.4 is 4.90 Å². The lowest BCUT2D eigenvalue weighted by molar-refractivity contribution is 0.122. The number of nitrogens with zero attached hydrogens (tertiary/aromatic N) is 5. The molecule has 0 amide bonds. The molecule has 3 aromatic heterocycles. The minimum Gasteiger partial charge on any atom is -0.378 e. The maximum absolute atomic E-state index is 5.55. The van der Waals surface area contributed by atoms with Crippen molar-refractivity contribution in [2.24, 2.45) is 0 Å². The third kappa shape index (κ3) is 3.73. The highest BCUT2D eigenvalue weighted by Gasteiger charge is 2.20. The number of nitrogens with one attached hydrogen (secondary N) is 1. The zero-order chi connectivity index (χ0) is 19.5. The molecule has 1 aliphatic rings. The Balaban J connectivity index is 1.49. The van der Waals surface area contributed by atoms with E-state index in [9.17, 15) is 0 Å². The van der Waals surface area contributed by atoms with E-state index in [1.165, 1.54) is 0 Å². The number of aryl methyl sites for hydroxylation is 2. The van der Waals surface area contributed by atoms with Gasteiger partial charge in [-0.25, -0.2) is 15.0 Å². The molecule has 29 heavy (non-hydrogen) atoms. The van der Waals surface area contributed by atoms with Gasteiger partial charge < -0.3 is 19.2 Å². The van der Waals surface area contributed by atoms with Gasteiger partial charge in [0.15, 0.2) is 0 Å². The summed E-state index contributed by atoms with van der Waals surface area (Å²) in [7, 11) is 0. The number of H-pyrrole nitrogens is 1. The summed E-state index contributed by atoms with van der Waals surface area (Å²) in [5, 5.41) is 1.13. The molecule has 1 N–H and O–H groups in total. The van der Waals surface area contributed by atoms with Crippen LogP contribution in [0.1, 0.15) is 12.2 Å². The standard InChI is InChI=1S/C22H24N6O/c1-2-5-19-17(4-1)16-18(22(26-19)28-12-14-29-15-13-28)21-25-9-11-27(21)10-3-6-20-23-7-8-24-20/h1-2,4-5,7-9,11,16H,3,6,10,12-15H2,(H,23,24). The van der Waals surface area contributed by atoms with E-state index in [-0.39, 0.29) is 0 Å². The van der Waals surface area contributed by atoms with Crippen LogP contribution in [0.25, 0.3) is 22.3 Å². The van der Waals surface area contributed by atoms with Gasteiger partial charge in [-0.1, -0.05) is 18.2 Å². The molecule has 4 aromatic rings. The molecule has 0 radical (unpaired) electrons. The predicted octanol–water partition coefficient (Wildman–Crippen LogP) is 3.29. The number of hydrogen-bond donors (Lipinski definition) is 1. The first-order valence-electron chi connectivity index (χ1n) is 10.1. The van der Waals surface area contributed by atoms with Crippen LogP contribution in [0.5, 0.6) is 0 Å². The smallest absolute Gasteiger partial charge is 0.143 e. The van der Waals surface area contributed by atoms with E-state index in [1.54, 1.807) is 6.20 Å². The molecule has 1 aromatic carbocycles. The van der Waals surface area contributed by atoms with Crippen LogP contribution in [-0.4, -0.2) is 50.8 Å². The van der Waals surface area contributed by atoms with Gasteiger partial charge in [-0.3, -0.25) is 0 Å². The molecule has 0 atom stereocenters. The fourth-order valence-corrected chi connectivity index (χ4v) is 3.87. The number of aromatic nitrogens is 5. The minimum absolute atomic E-state index is 0.728. The summed E-state index contributed by atoms with van der Waals surface area (Å²) < 4.78 is 7.77. The van der Waals surface area contributed by atoms with E-state index in [0.29, 0.717) is 0 Å². The number of para-hydroxylation sites is 1. The Kier molecular flexibility index (Phi) is 4.96. The molecule has 0 saturated carbocycles. The number of aromatic amines is 1. The Labute approximate surface area is 169 Å². The largest absolute Gasteiger partial charge is 0.378 e. The van der Waals surface area contributed by atoms with Gasteiger partial charge in [-0.05, 0) is 18.6 Å². The molecule has 7 heteroatoms. The molecular weight excluding hydrogens is 364 g/mol. The second-order valence-corrected chi connectivity index (χ2v) is 7.24. The summed E-state index contributed by atoms with van der Waals surface area (Å²) in [6.07, 6.45) is 9.50. The zero-order valence-electron chi connectivity index (χ0n) is 16.3. The second kappa shape index (κ2) is 8.05. The molecular formula is C22H24N6O. The normalized spacial score (nSPS) is 14.6. The topological polar surface area (TPSA) is 71.9 Å². The van der Waals surface area contributed by atoms with Crippen LogP contribution in [0.4, 0.5) is 5.82 Å². The van der Waals surface area contributed by atoms with Gasteiger partial charge in [0.2, 0.25) is 0 Å². The second-order valence-electron chi connectivity index (χ2n) is 7.24. The van der Waals surface area contributed by atoms with Crippen molar-refractivity contribution in [3.63, 3.8) is 0 Å². The molecule has 0 spiro atoms. The van der Waals surface area contributed by atoms with Crippen molar-refractivity contribution in [2.45, 2.75) is 19.4 Å². The minimum atomic E-state index is 0.728. The third-order valence-corrected chi connectivity index (χ3v) is 5.34. The van der Waals surface area contributed by atoms with Crippen molar-refractivity contribution in [3.05, 3.63) is 60.9 Å². The fraction of sp³-hybridized carbons (Fsp3) is 0.318. The molecule has 0 aliphatic carbocycles. The van der Waals surface area contributed by atoms with Gasteiger partial charge in [-0.2, -0.15) is 0 Å². The van der Waals surface area contributed by atoms with Gasteiger partial charge >= 0.3 is 0 Å². The summed E-state index contributed by atoms with van der Waals surface area (Å²) in [6, 6.07) is 10.5. The van der Waals surface area contributed by atoms with Crippen molar-refractivity contribution in [3.8, 4) is 11.4 Å². The number of hydrogen-bond acceptors (Lipinski definition) is 5. The Morgan fingerprint density at radius 1 is 1.07 bits per heavy atom. The van der Waals surface area contributed by atoms with Crippen molar-refractivity contribution in [2.75, 3.05) is 31.2 Å². The lowest BCUT2D eigenvalue weighted by Gasteiger charge is -2.29. The van der Waals surface area contributed by atoms with Gasteiger partial charge in [0.1, 0.15) is 17.5 Å². The van der Waals surface area contributed by atoms with Gasteiger partial charge in [0.05, 0.1) is 24.3 Å². The highest BCUT2D eigenvalue weighted by Crippen LogP contribution is 2.32. The summed E-state index contributed by atoms with van der Waals surface area (Å²) in [6.45, 7) is 4.03. The molecule has 148 valence electrons. The Morgan fingerprint density at radius 2 is 1.97 bits per heavy atom. The van der Waals surface area contributed by atoms with Crippen LogP contribution in [0.15, 0.2) is 55.1 Å². The number of morpholine rings is 1. The van der Waals surface area contributed by atoms with Crippen LogP contribution in [0.2, 0.25) is 0 Å². The van der Waals surface area contributed by atoms with Gasteiger partial charge in [0.25, 0.3) is 0 Å². The highest BCUT2D eigenvalue weighted by molar-refractivity contribution is 5.88. The van der Waals surface area contributed by atoms with Crippen molar-refractivity contribution >= 4 is 16.7 Å². The van der Waals surface area contributed by atoms with Crippen LogP contribution in [-0.2, 0) is 17.7 Å². The van der Waals surface area contributed by atoms with Gasteiger partial charge in [-0.15, -0.1) is 0 Å². The quantitative estimate of drug-likeness (QED) is 0.549. The third-order valence-electron chi connectivity index (χ3n) is 5.34. The number of anilines is 1. The Bertz CT molecular complexity index is 1080. The van der Waals surface area contributed by atoms with E-state index >= 15 is 0 Å². The van der Waals surface area contributed by atoms with E-state index in [1.807, 2.05) is 18.5 Å². The Hall–Kier alpha value is -3.19. The molecule has 1 aliphatic heterocycles. The van der Waals surface area contributed by atoms with E-state index < -0.39 is 0 Å². The monoisotopic (exact) mass is 388 g/mol. The number of benzene rings is 1. The highest BCUT2D eigenvalue weighted by atomic mass is 16.5. The SMILES string of the molecule is c1ccc2nc(N3CCOCC3)c(-c3nccn3CCCc3ncc[nH]3)cc2c1. The number of imidazole rings is 2. The molecule has 7 nitrogen and oxygen atoms in total. The summed E-state index contributed by atoms with van der Waals surface area (Å²) in [5.41, 5.74) is 2.09. The lowest BCUT2D eigenvalue weighted by atomic mass is 10.1. The predicted molar refractivity (Wildman–Crippen MR) is 113 cm³/mol. The summed E-state index contributed by atoms with van der Waals surface area (Å²) in [4.78, 5) is 19.5. The molecule has 0 bridgehead atoms. The average molecular weight is 388 g/mol. The van der Waals surface area contributed by atoms with E-state index in [0.717, 1.165) is 79.6 Å². The van der Waals surface area contributed by atoms with Crippen LogP contribution in [0.3, 0.4) is 0 Å². The average Bonchev–Trinajstić information content (AvgIpc) is 3.46. The maximum Gasteiger partial charge on any atom is 0.143 e. The number of ether oxygens (including phenoxy) is 1. The van der Waals surface area contributed by atoms with Crippen LogP contribution >= 0.6 is 0 Å². The first-order valence-corrected chi connectivity index (χ1v) is 10.1. The molecule has 1 saturated heterocycles. The molecule has 4 heterocycles. The Morgan fingerprint density at radius 3 is 2.83 bits per heavy atom. The maximum atomic E-state index is 5.55. The van der Waals surface area contributed by atoms with Crippen LogP contribution in [0, 0.1) is 0 Å². The molecule has 0 unspecified atom stereocenters. The molecule has 1 fully saturated rings. The molecule has 5 rings (SSSR count). The summed E-state index contributed by atoms with van der Waals surface area (Å²) in [5.74, 6) is 2.97. The number of rotatable bonds is 6. The van der Waals surface area contributed by atoms with Crippen molar-refractivity contribution in [1.29, 1.82) is 0 Å². The zero-order valence-corrected chi connectivity index (χ0v) is 16.3. The fourth-order valence-electron chi connectivity index (χ4n) is 3.87. The van der Waals surface area contributed by atoms with Crippen molar-refractivity contribution < 1.29 is 4.74 Å². The summed E-state index contributed by atoms with van der Waals surface area (Å²) >= 11 is 0.